The number of aromatic nitrogens is 4. The topological polar surface area (TPSA) is 104 Å². The quantitative estimate of drug-likeness (QED) is 0.741. The molecule has 1 aliphatic heterocycles. The molecule has 0 spiro atoms. The van der Waals surface area contributed by atoms with Crippen LogP contribution in [0.4, 0.5) is 11.6 Å². The maximum absolute atomic E-state index is 13.0. The predicted octanol–water partition coefficient (Wildman–Crippen LogP) is 1.41. The van der Waals surface area contributed by atoms with Crippen molar-refractivity contribution in [1.82, 2.24) is 25.1 Å². The second-order valence-electron chi connectivity index (χ2n) is 6.07. The molecule has 1 fully saturated rings. The van der Waals surface area contributed by atoms with E-state index in [0.29, 0.717) is 43.3 Å². The van der Waals surface area contributed by atoms with Gasteiger partial charge in [-0.25, -0.2) is 4.98 Å². The standard InChI is InChI=1S/C18H19N7O/c19-17-15(13-4-2-1-3-5-13)16(22-23-17)18(26)25-10-8-24(9-11-25)14-12-20-6-7-21-14/h1-7,12H,8-11H2,(H3,19,22,23). The zero-order chi connectivity index (χ0) is 17.9. The number of nitrogens with zero attached hydrogens (tertiary/aromatic N) is 5. The Kier molecular flexibility index (Phi) is 4.22. The number of nitrogens with one attached hydrogen (secondary N) is 1. The Balaban J connectivity index is 1.52. The van der Waals surface area contributed by atoms with Crippen LogP contribution in [-0.2, 0) is 0 Å². The zero-order valence-corrected chi connectivity index (χ0v) is 14.2. The Hall–Kier alpha value is -3.42. The van der Waals surface area contributed by atoms with Crippen LogP contribution < -0.4 is 10.6 Å². The van der Waals surface area contributed by atoms with Gasteiger partial charge < -0.3 is 15.5 Å². The van der Waals surface area contributed by atoms with Crippen LogP contribution >= 0.6 is 0 Å². The maximum atomic E-state index is 13.0. The number of hydrogen-bond acceptors (Lipinski definition) is 6. The van der Waals surface area contributed by atoms with Crippen molar-refractivity contribution in [2.45, 2.75) is 0 Å². The van der Waals surface area contributed by atoms with Crippen molar-refractivity contribution in [2.75, 3.05) is 36.8 Å². The molecule has 4 rings (SSSR count). The summed E-state index contributed by atoms with van der Waals surface area (Å²) in [5.41, 5.74) is 7.97. The Morgan fingerprint density at radius 3 is 2.54 bits per heavy atom. The van der Waals surface area contributed by atoms with Crippen LogP contribution in [0.15, 0.2) is 48.9 Å². The van der Waals surface area contributed by atoms with E-state index >= 15 is 0 Å². The molecule has 26 heavy (non-hydrogen) atoms. The molecule has 0 saturated carbocycles. The Bertz CT molecular complexity index is 886. The van der Waals surface area contributed by atoms with Gasteiger partial charge in [-0.15, -0.1) is 0 Å². The summed E-state index contributed by atoms with van der Waals surface area (Å²) in [6.45, 7) is 2.61. The first-order valence-corrected chi connectivity index (χ1v) is 8.43. The van der Waals surface area contributed by atoms with Gasteiger partial charge >= 0.3 is 0 Å². The number of carbonyl (C=O) groups is 1. The first-order chi connectivity index (χ1) is 12.7. The molecule has 132 valence electrons. The van der Waals surface area contributed by atoms with Crippen LogP contribution in [0.25, 0.3) is 11.1 Å². The molecule has 1 aromatic carbocycles. The van der Waals surface area contributed by atoms with Gasteiger partial charge in [-0.3, -0.25) is 14.9 Å². The van der Waals surface area contributed by atoms with Gasteiger partial charge in [-0.2, -0.15) is 5.10 Å². The smallest absolute Gasteiger partial charge is 0.272 e. The molecule has 0 atom stereocenters. The molecule has 2 aromatic heterocycles. The second kappa shape index (κ2) is 6.83. The lowest BCUT2D eigenvalue weighted by Crippen LogP contribution is -2.49. The Labute approximate surface area is 150 Å². The molecule has 0 radical (unpaired) electrons. The highest BCUT2D eigenvalue weighted by molar-refractivity contribution is 6.01. The fourth-order valence-corrected chi connectivity index (χ4v) is 3.16. The minimum Gasteiger partial charge on any atom is -0.382 e. The van der Waals surface area contributed by atoms with E-state index in [2.05, 4.69) is 25.1 Å². The molecule has 8 nitrogen and oxygen atoms in total. The fourth-order valence-electron chi connectivity index (χ4n) is 3.16. The minimum absolute atomic E-state index is 0.0909. The molecular formula is C18H19N7O. The molecule has 1 amide bonds. The Morgan fingerprint density at radius 2 is 1.85 bits per heavy atom. The van der Waals surface area contributed by atoms with Crippen LogP contribution in [0.2, 0.25) is 0 Å². The largest absolute Gasteiger partial charge is 0.382 e. The zero-order valence-electron chi connectivity index (χ0n) is 14.2. The van der Waals surface area contributed by atoms with E-state index < -0.39 is 0 Å². The molecular weight excluding hydrogens is 330 g/mol. The first-order valence-electron chi connectivity index (χ1n) is 8.43. The van der Waals surface area contributed by atoms with Crippen LogP contribution in [0.3, 0.4) is 0 Å². The third kappa shape index (κ3) is 2.97. The molecule has 0 aliphatic carbocycles. The number of hydrogen-bond donors (Lipinski definition) is 2. The minimum atomic E-state index is -0.0909. The van der Waals surface area contributed by atoms with Gasteiger partial charge in [-0.05, 0) is 5.56 Å². The number of benzene rings is 1. The average molecular weight is 349 g/mol. The van der Waals surface area contributed by atoms with E-state index in [1.54, 1.807) is 18.6 Å². The number of piperazine rings is 1. The molecule has 3 N–H and O–H groups in total. The highest BCUT2D eigenvalue weighted by Gasteiger charge is 2.27. The average Bonchev–Trinajstić information content (AvgIpc) is 3.10. The van der Waals surface area contributed by atoms with E-state index in [0.717, 1.165) is 11.4 Å². The van der Waals surface area contributed by atoms with Crippen molar-refractivity contribution < 1.29 is 4.79 Å². The fraction of sp³-hybridized carbons (Fsp3) is 0.222. The SMILES string of the molecule is Nc1n[nH]c(C(=O)N2CCN(c3cnccn3)CC2)c1-c1ccccc1. The number of H-pyrrole nitrogens is 1. The van der Waals surface area contributed by atoms with Crippen molar-refractivity contribution in [3.63, 3.8) is 0 Å². The number of amides is 1. The predicted molar refractivity (Wildman–Crippen MR) is 98.6 cm³/mol. The van der Waals surface area contributed by atoms with Crippen LogP contribution in [0.5, 0.6) is 0 Å². The van der Waals surface area contributed by atoms with Crippen molar-refractivity contribution in [3.8, 4) is 11.1 Å². The van der Waals surface area contributed by atoms with Gasteiger partial charge in [0, 0.05) is 38.6 Å². The van der Waals surface area contributed by atoms with Gasteiger partial charge in [0.05, 0.1) is 11.8 Å². The van der Waals surface area contributed by atoms with E-state index in [1.165, 1.54) is 0 Å². The highest BCUT2D eigenvalue weighted by atomic mass is 16.2. The number of nitrogen functional groups attached to an aromatic ring is 1. The lowest BCUT2D eigenvalue weighted by atomic mass is 10.0. The molecule has 8 heteroatoms. The Morgan fingerprint density at radius 1 is 1.08 bits per heavy atom. The van der Waals surface area contributed by atoms with E-state index in [9.17, 15) is 4.79 Å². The van der Waals surface area contributed by atoms with Gasteiger partial charge in [0.25, 0.3) is 5.91 Å². The summed E-state index contributed by atoms with van der Waals surface area (Å²) >= 11 is 0. The summed E-state index contributed by atoms with van der Waals surface area (Å²) in [5.74, 6) is 1.07. The van der Waals surface area contributed by atoms with E-state index in [4.69, 9.17) is 5.73 Å². The third-order valence-corrected chi connectivity index (χ3v) is 4.51. The summed E-state index contributed by atoms with van der Waals surface area (Å²) in [4.78, 5) is 25.3. The van der Waals surface area contributed by atoms with Crippen molar-refractivity contribution in [1.29, 1.82) is 0 Å². The number of carbonyl (C=O) groups excluding carboxylic acids is 1. The van der Waals surface area contributed by atoms with Crippen LogP contribution in [0.1, 0.15) is 10.5 Å². The molecule has 0 bridgehead atoms. The van der Waals surface area contributed by atoms with Gasteiger partial charge in [0.1, 0.15) is 11.5 Å². The number of rotatable bonds is 3. The van der Waals surface area contributed by atoms with Crippen LogP contribution in [-0.4, -0.2) is 57.2 Å². The van der Waals surface area contributed by atoms with Crippen molar-refractivity contribution in [3.05, 3.63) is 54.6 Å². The summed E-state index contributed by atoms with van der Waals surface area (Å²) in [5, 5.41) is 6.86. The number of anilines is 2. The summed E-state index contributed by atoms with van der Waals surface area (Å²) in [6.07, 6.45) is 5.06. The summed E-state index contributed by atoms with van der Waals surface area (Å²) in [7, 11) is 0. The third-order valence-electron chi connectivity index (χ3n) is 4.51. The second-order valence-corrected chi connectivity index (χ2v) is 6.07. The van der Waals surface area contributed by atoms with Crippen molar-refractivity contribution >= 4 is 17.5 Å². The van der Waals surface area contributed by atoms with E-state index in [1.807, 2.05) is 35.2 Å². The number of nitrogens with two attached hydrogens (primary N) is 1. The first kappa shape index (κ1) is 16.1. The van der Waals surface area contributed by atoms with Gasteiger partial charge in [-0.1, -0.05) is 30.3 Å². The van der Waals surface area contributed by atoms with Gasteiger partial charge in [0.15, 0.2) is 5.82 Å². The monoisotopic (exact) mass is 349 g/mol. The summed E-state index contributed by atoms with van der Waals surface area (Å²) in [6, 6.07) is 9.59. The molecule has 3 aromatic rings. The summed E-state index contributed by atoms with van der Waals surface area (Å²) < 4.78 is 0. The lowest BCUT2D eigenvalue weighted by Gasteiger charge is -2.35. The van der Waals surface area contributed by atoms with Crippen molar-refractivity contribution in [2.24, 2.45) is 0 Å². The van der Waals surface area contributed by atoms with Crippen LogP contribution in [0, 0.1) is 0 Å². The highest BCUT2D eigenvalue weighted by Crippen LogP contribution is 2.28. The molecule has 1 aliphatic rings. The molecule has 3 heterocycles. The molecule has 1 saturated heterocycles. The molecule has 0 unspecified atom stereocenters. The number of aromatic amines is 1. The lowest BCUT2D eigenvalue weighted by molar-refractivity contribution is 0.0741. The van der Waals surface area contributed by atoms with Gasteiger partial charge in [0.2, 0.25) is 0 Å². The normalized spacial score (nSPS) is 14.5. The van der Waals surface area contributed by atoms with E-state index in [-0.39, 0.29) is 5.91 Å². The maximum Gasteiger partial charge on any atom is 0.272 e.